The Morgan fingerprint density at radius 2 is 2.07 bits per heavy atom. The molecule has 0 unspecified atom stereocenters. The van der Waals surface area contributed by atoms with Crippen LogP contribution < -0.4 is 5.32 Å². The molecule has 0 fully saturated rings. The van der Waals surface area contributed by atoms with Gasteiger partial charge in [0.15, 0.2) is 5.16 Å². The largest absolute Gasteiger partial charge is 0.323 e. The maximum absolute atomic E-state index is 13.8. The van der Waals surface area contributed by atoms with Crippen LogP contribution in [-0.4, -0.2) is 26.1 Å². The lowest BCUT2D eigenvalue weighted by Gasteiger charge is -2.11. The Morgan fingerprint density at radius 3 is 2.79 bits per heavy atom. The first-order chi connectivity index (χ1) is 13.3. The fraction of sp³-hybridized carbons (Fsp3) is 0.158. The predicted octanol–water partition coefficient (Wildman–Crippen LogP) is 4.27. The van der Waals surface area contributed by atoms with E-state index in [1.165, 1.54) is 11.8 Å². The summed E-state index contributed by atoms with van der Waals surface area (Å²) in [6, 6.07) is 9.02. The molecule has 0 radical (unpaired) electrons. The molecule has 0 spiro atoms. The van der Waals surface area contributed by atoms with Gasteiger partial charge in [-0.2, -0.15) is 0 Å². The topological polar surface area (TPSA) is 90.1 Å². The van der Waals surface area contributed by atoms with E-state index < -0.39 is 16.6 Å². The van der Waals surface area contributed by atoms with Crippen LogP contribution in [-0.2, 0) is 4.79 Å². The van der Waals surface area contributed by atoms with Crippen molar-refractivity contribution in [3.8, 4) is 5.69 Å². The zero-order valence-corrected chi connectivity index (χ0v) is 16.0. The molecule has 0 aliphatic rings. The van der Waals surface area contributed by atoms with Crippen molar-refractivity contribution in [2.24, 2.45) is 0 Å². The van der Waals surface area contributed by atoms with Crippen molar-refractivity contribution < 1.29 is 14.1 Å². The summed E-state index contributed by atoms with van der Waals surface area (Å²) >= 11 is 1.19. The van der Waals surface area contributed by atoms with Gasteiger partial charge in [-0.3, -0.25) is 19.5 Å². The minimum absolute atomic E-state index is 0.0238. The summed E-state index contributed by atoms with van der Waals surface area (Å²) < 4.78 is 15.7. The number of nitro groups is 1. The molecule has 144 valence electrons. The van der Waals surface area contributed by atoms with Crippen molar-refractivity contribution in [2.45, 2.75) is 19.0 Å². The standard InChI is InChI=1S/C19H17FN4O3S/c1-12-3-6-17(13(2)9-12)23-8-7-21-19(23)28-11-18(25)22-16-10-14(24(26)27)4-5-15(16)20/h3-10H,11H2,1-2H3,(H,22,25). The number of halogens is 1. The van der Waals surface area contributed by atoms with E-state index in [0.29, 0.717) is 5.16 Å². The van der Waals surface area contributed by atoms with Crippen molar-refractivity contribution in [1.29, 1.82) is 0 Å². The second-order valence-corrected chi connectivity index (χ2v) is 7.07. The lowest BCUT2D eigenvalue weighted by Crippen LogP contribution is -2.15. The Bertz CT molecular complexity index is 1050. The zero-order chi connectivity index (χ0) is 20.3. The van der Waals surface area contributed by atoms with Crippen molar-refractivity contribution in [1.82, 2.24) is 9.55 Å². The van der Waals surface area contributed by atoms with E-state index in [2.05, 4.69) is 16.4 Å². The molecule has 0 atom stereocenters. The Morgan fingerprint density at radius 1 is 1.29 bits per heavy atom. The summed E-state index contributed by atoms with van der Waals surface area (Å²) in [7, 11) is 0. The first-order valence-electron chi connectivity index (χ1n) is 8.32. The highest BCUT2D eigenvalue weighted by atomic mass is 32.2. The molecule has 0 saturated carbocycles. The third-order valence-electron chi connectivity index (χ3n) is 3.99. The molecule has 28 heavy (non-hydrogen) atoms. The molecule has 1 aromatic heterocycles. The molecule has 2 aromatic carbocycles. The summed E-state index contributed by atoms with van der Waals surface area (Å²) in [4.78, 5) is 26.6. The molecule has 0 bridgehead atoms. The summed E-state index contributed by atoms with van der Waals surface area (Å²) in [5, 5.41) is 13.8. The number of aryl methyl sites for hydroxylation is 2. The van der Waals surface area contributed by atoms with Crippen LogP contribution in [0.25, 0.3) is 5.69 Å². The first-order valence-corrected chi connectivity index (χ1v) is 9.31. The van der Waals surface area contributed by atoms with Crippen molar-refractivity contribution in [2.75, 3.05) is 11.1 Å². The molecule has 0 aliphatic carbocycles. The highest BCUT2D eigenvalue weighted by Crippen LogP contribution is 2.25. The third-order valence-corrected chi connectivity index (χ3v) is 4.95. The molecular formula is C19H17FN4O3S. The third kappa shape index (κ3) is 4.37. The van der Waals surface area contributed by atoms with E-state index in [4.69, 9.17) is 0 Å². The molecule has 3 rings (SSSR count). The molecule has 7 nitrogen and oxygen atoms in total. The number of carbonyl (C=O) groups is 1. The number of nitrogens with zero attached hydrogens (tertiary/aromatic N) is 3. The number of amides is 1. The number of hydrogen-bond donors (Lipinski definition) is 1. The van der Waals surface area contributed by atoms with E-state index in [-0.39, 0.29) is 17.1 Å². The fourth-order valence-corrected chi connectivity index (χ4v) is 3.46. The molecule has 1 amide bonds. The zero-order valence-electron chi connectivity index (χ0n) is 15.2. The molecule has 0 saturated heterocycles. The molecule has 9 heteroatoms. The number of rotatable bonds is 6. The Balaban J connectivity index is 1.70. The van der Waals surface area contributed by atoms with E-state index in [1.54, 1.807) is 12.4 Å². The van der Waals surface area contributed by atoms with Crippen LogP contribution in [0.3, 0.4) is 0 Å². The molecular weight excluding hydrogens is 383 g/mol. The van der Waals surface area contributed by atoms with Crippen LogP contribution in [0.5, 0.6) is 0 Å². The van der Waals surface area contributed by atoms with E-state index in [0.717, 1.165) is 35.0 Å². The number of nitrogens with one attached hydrogen (secondary N) is 1. The Hall–Kier alpha value is -3.20. The Labute approximate surface area is 164 Å². The number of thioether (sulfide) groups is 1. The van der Waals surface area contributed by atoms with Gasteiger partial charge >= 0.3 is 0 Å². The monoisotopic (exact) mass is 400 g/mol. The van der Waals surface area contributed by atoms with Crippen LogP contribution in [0.15, 0.2) is 53.9 Å². The fourth-order valence-electron chi connectivity index (χ4n) is 2.69. The van der Waals surface area contributed by atoms with Gasteiger partial charge in [-0.05, 0) is 31.5 Å². The second kappa shape index (κ2) is 8.22. The number of benzene rings is 2. The Kier molecular flexibility index (Phi) is 5.74. The lowest BCUT2D eigenvalue weighted by molar-refractivity contribution is -0.384. The molecule has 0 aliphatic heterocycles. The average molecular weight is 400 g/mol. The maximum atomic E-state index is 13.8. The first kappa shape index (κ1) is 19.6. The number of imidazole rings is 1. The lowest BCUT2D eigenvalue weighted by atomic mass is 10.1. The van der Waals surface area contributed by atoms with Gasteiger partial charge in [0.2, 0.25) is 5.91 Å². The normalized spacial score (nSPS) is 10.7. The summed E-state index contributed by atoms with van der Waals surface area (Å²) in [6.45, 7) is 4.01. The second-order valence-electron chi connectivity index (χ2n) is 6.13. The van der Waals surface area contributed by atoms with E-state index in [1.807, 2.05) is 30.5 Å². The van der Waals surface area contributed by atoms with Gasteiger partial charge in [0.1, 0.15) is 5.82 Å². The van der Waals surface area contributed by atoms with Crippen LogP contribution in [0.4, 0.5) is 15.8 Å². The van der Waals surface area contributed by atoms with Gasteiger partial charge in [0, 0.05) is 24.5 Å². The quantitative estimate of drug-likeness (QED) is 0.379. The number of anilines is 1. The molecule has 1 heterocycles. The van der Waals surface area contributed by atoms with Crippen molar-refractivity contribution in [3.63, 3.8) is 0 Å². The highest BCUT2D eigenvalue weighted by Gasteiger charge is 2.15. The van der Waals surface area contributed by atoms with Gasteiger partial charge < -0.3 is 5.32 Å². The van der Waals surface area contributed by atoms with Crippen LogP contribution >= 0.6 is 11.8 Å². The maximum Gasteiger partial charge on any atom is 0.271 e. The summed E-state index contributed by atoms with van der Waals surface area (Å²) in [6.07, 6.45) is 3.44. The van der Waals surface area contributed by atoms with Crippen molar-refractivity contribution >= 4 is 29.0 Å². The SMILES string of the molecule is Cc1ccc(-n2ccnc2SCC(=O)Nc2cc([N+](=O)[O-])ccc2F)c(C)c1. The van der Waals surface area contributed by atoms with Crippen molar-refractivity contribution in [3.05, 3.63) is 75.9 Å². The highest BCUT2D eigenvalue weighted by molar-refractivity contribution is 7.99. The smallest absolute Gasteiger partial charge is 0.271 e. The predicted molar refractivity (Wildman–Crippen MR) is 105 cm³/mol. The van der Waals surface area contributed by atoms with Crippen LogP contribution in [0, 0.1) is 29.8 Å². The number of hydrogen-bond acceptors (Lipinski definition) is 5. The van der Waals surface area contributed by atoms with Gasteiger partial charge in [0.05, 0.1) is 22.1 Å². The molecule has 1 N–H and O–H groups in total. The van der Waals surface area contributed by atoms with Gasteiger partial charge in [-0.15, -0.1) is 0 Å². The van der Waals surface area contributed by atoms with Gasteiger partial charge in [-0.1, -0.05) is 29.5 Å². The number of non-ortho nitro benzene ring substituents is 1. The summed E-state index contributed by atoms with van der Waals surface area (Å²) in [5.74, 6) is -1.25. The minimum atomic E-state index is -0.735. The number of aromatic nitrogens is 2. The van der Waals surface area contributed by atoms with E-state index in [9.17, 15) is 19.3 Å². The number of carbonyl (C=O) groups excluding carboxylic acids is 1. The van der Waals surface area contributed by atoms with Gasteiger partial charge in [-0.25, -0.2) is 9.37 Å². The minimum Gasteiger partial charge on any atom is -0.323 e. The van der Waals surface area contributed by atoms with E-state index >= 15 is 0 Å². The van der Waals surface area contributed by atoms with Crippen LogP contribution in [0.1, 0.15) is 11.1 Å². The summed E-state index contributed by atoms with van der Waals surface area (Å²) in [5.41, 5.74) is 2.65. The molecule has 3 aromatic rings. The van der Waals surface area contributed by atoms with Gasteiger partial charge in [0.25, 0.3) is 5.69 Å². The average Bonchev–Trinajstić information content (AvgIpc) is 3.10. The van der Waals surface area contributed by atoms with Crippen LogP contribution in [0.2, 0.25) is 0 Å². The number of nitro benzene ring substituents is 1.